The monoisotopic (exact) mass is 372 g/mol. The molecule has 0 N–H and O–H groups in total. The highest BCUT2D eigenvalue weighted by Crippen LogP contribution is 2.30. The summed E-state index contributed by atoms with van der Waals surface area (Å²) in [6, 6.07) is 0. The van der Waals surface area contributed by atoms with Crippen LogP contribution < -0.4 is 0 Å². The van der Waals surface area contributed by atoms with E-state index in [4.69, 9.17) is 0 Å². The summed E-state index contributed by atoms with van der Waals surface area (Å²) in [4.78, 5) is 11.3. The molecule has 0 aromatic carbocycles. The molecule has 0 aliphatic carbocycles. The molecule has 13 heavy (non-hydrogen) atoms. The second-order valence-electron chi connectivity index (χ2n) is 2.31. The van der Waals surface area contributed by atoms with Crippen molar-refractivity contribution in [2.75, 3.05) is 0 Å². The van der Waals surface area contributed by atoms with Crippen molar-refractivity contribution in [1.29, 1.82) is 0 Å². The Bertz CT molecular complexity index is 364. The molecule has 0 amide bonds. The molecule has 0 aliphatic heterocycles. The van der Waals surface area contributed by atoms with Gasteiger partial charge in [0.05, 0.1) is 16.5 Å². The lowest BCUT2D eigenvalue weighted by Gasteiger charge is -1.94. The van der Waals surface area contributed by atoms with Crippen LogP contribution in [-0.4, -0.2) is 15.3 Å². The molecule has 0 aliphatic rings. The maximum Gasteiger partial charge on any atom is 0.206 e. The molecule has 0 saturated heterocycles. The number of allylic oxidation sites excluding steroid dienone is 1. The topological polar surface area (TPSA) is 34.9 Å². The SMILES string of the molecule is C=CC(=O)c1nn(PI)c(C)c1Br. The fraction of sp³-hybridized carbons (Fsp3) is 0.143. The van der Waals surface area contributed by atoms with Crippen molar-refractivity contribution < 1.29 is 4.79 Å². The Labute approximate surface area is 99.4 Å². The predicted octanol–water partition coefficient (Wildman–Crippen LogP) is 3.11. The summed E-state index contributed by atoms with van der Waals surface area (Å²) in [7, 11) is 0. The lowest BCUT2D eigenvalue weighted by atomic mass is 10.3. The zero-order chi connectivity index (χ0) is 10.0. The van der Waals surface area contributed by atoms with Gasteiger partial charge in [0.25, 0.3) is 0 Å². The van der Waals surface area contributed by atoms with Crippen molar-refractivity contribution in [3.05, 3.63) is 28.5 Å². The van der Waals surface area contributed by atoms with Crippen LogP contribution >= 0.6 is 44.3 Å². The normalized spacial score (nSPS) is 11.0. The molecule has 1 rings (SSSR count). The van der Waals surface area contributed by atoms with Crippen LogP contribution in [0.15, 0.2) is 17.1 Å². The minimum Gasteiger partial charge on any atom is -0.287 e. The third kappa shape index (κ3) is 2.19. The van der Waals surface area contributed by atoms with Gasteiger partial charge in [-0.2, -0.15) is 5.10 Å². The Hall–Kier alpha value is 0.260. The van der Waals surface area contributed by atoms with E-state index in [0.717, 1.165) is 10.2 Å². The molecule has 1 atom stereocenters. The summed E-state index contributed by atoms with van der Waals surface area (Å²) in [5.41, 5.74) is 1.41. The van der Waals surface area contributed by atoms with Crippen LogP contribution in [0.25, 0.3) is 0 Å². The largest absolute Gasteiger partial charge is 0.287 e. The summed E-state index contributed by atoms with van der Waals surface area (Å²) >= 11 is 5.55. The number of carbonyl (C=O) groups excluding carboxylic acids is 1. The van der Waals surface area contributed by atoms with Gasteiger partial charge in [-0.3, -0.25) is 4.79 Å². The van der Waals surface area contributed by atoms with Crippen LogP contribution in [0.4, 0.5) is 0 Å². The molecule has 1 aromatic heterocycles. The Balaban J connectivity index is 3.24. The van der Waals surface area contributed by atoms with Crippen molar-refractivity contribution in [2.45, 2.75) is 6.92 Å². The van der Waals surface area contributed by atoms with Crippen LogP contribution in [0.1, 0.15) is 16.2 Å². The molecule has 70 valence electrons. The van der Waals surface area contributed by atoms with E-state index in [0.29, 0.717) is 12.1 Å². The van der Waals surface area contributed by atoms with E-state index < -0.39 is 0 Å². The smallest absolute Gasteiger partial charge is 0.206 e. The molecule has 0 radical (unpaired) electrons. The first kappa shape index (κ1) is 11.3. The minimum atomic E-state index is -0.150. The highest BCUT2D eigenvalue weighted by Gasteiger charge is 2.15. The molecule has 1 heterocycles. The molecular weight excluding hydrogens is 366 g/mol. The van der Waals surface area contributed by atoms with Crippen LogP contribution in [-0.2, 0) is 0 Å². The number of carbonyl (C=O) groups is 1. The molecule has 1 aromatic rings. The summed E-state index contributed by atoms with van der Waals surface area (Å²) in [5.74, 6) is -0.150. The highest BCUT2D eigenvalue weighted by molar-refractivity contribution is 14.2. The number of hydrogen-bond acceptors (Lipinski definition) is 2. The minimum absolute atomic E-state index is 0.150. The maximum absolute atomic E-state index is 11.3. The van der Waals surface area contributed by atoms with Gasteiger partial charge in [0.1, 0.15) is 5.69 Å². The van der Waals surface area contributed by atoms with Gasteiger partial charge in [0.2, 0.25) is 5.78 Å². The van der Waals surface area contributed by atoms with E-state index >= 15 is 0 Å². The Kier molecular flexibility index (Phi) is 4.06. The molecule has 3 nitrogen and oxygen atoms in total. The van der Waals surface area contributed by atoms with Crippen molar-refractivity contribution in [1.82, 2.24) is 9.55 Å². The first-order valence-corrected chi connectivity index (χ1v) is 8.25. The third-order valence-corrected chi connectivity index (χ3v) is 4.46. The lowest BCUT2D eigenvalue weighted by molar-refractivity contribution is 0.104. The number of rotatable bonds is 3. The van der Waals surface area contributed by atoms with Gasteiger partial charge < -0.3 is 0 Å². The highest BCUT2D eigenvalue weighted by atomic mass is 127. The Morgan fingerprint density at radius 3 is 2.85 bits per heavy atom. The summed E-state index contributed by atoms with van der Waals surface area (Å²) in [6.07, 6.45) is 1.77. The average Bonchev–Trinajstić information content (AvgIpc) is 2.43. The molecular formula is C7H7BrIN2OP. The molecule has 0 fully saturated rings. The number of ketones is 1. The Morgan fingerprint density at radius 2 is 2.46 bits per heavy atom. The number of aromatic nitrogens is 2. The standard InChI is InChI=1S/C7H7BrIN2OP/c1-3-5(12)7-6(8)4(2)11(10-7)13-9/h3,13H,1H2,2H3. The second kappa shape index (κ2) is 4.66. The fourth-order valence-electron chi connectivity index (χ4n) is 0.820. The molecule has 6 heteroatoms. The van der Waals surface area contributed by atoms with Gasteiger partial charge in [-0.25, -0.2) is 4.45 Å². The van der Waals surface area contributed by atoms with E-state index in [1.807, 2.05) is 6.92 Å². The van der Waals surface area contributed by atoms with Crippen molar-refractivity contribution in [3.8, 4) is 0 Å². The van der Waals surface area contributed by atoms with E-state index in [-0.39, 0.29) is 5.78 Å². The van der Waals surface area contributed by atoms with Gasteiger partial charge in [-0.15, -0.1) is 0 Å². The molecule has 1 unspecified atom stereocenters. The van der Waals surface area contributed by atoms with E-state index in [1.165, 1.54) is 6.08 Å². The Morgan fingerprint density at radius 1 is 1.85 bits per heavy atom. The first-order valence-electron chi connectivity index (χ1n) is 3.40. The van der Waals surface area contributed by atoms with Crippen molar-refractivity contribution >= 4 is 50.1 Å². The zero-order valence-corrected chi connectivity index (χ0v) is 11.6. The number of hydrogen-bond donors (Lipinski definition) is 0. The zero-order valence-electron chi connectivity index (χ0n) is 6.84. The molecule has 0 spiro atoms. The average molecular weight is 373 g/mol. The van der Waals surface area contributed by atoms with Crippen LogP contribution in [0, 0.1) is 6.92 Å². The van der Waals surface area contributed by atoms with E-state index in [1.54, 1.807) is 4.45 Å². The van der Waals surface area contributed by atoms with Gasteiger partial charge in [0, 0.05) is 0 Å². The molecule has 0 saturated carbocycles. The van der Waals surface area contributed by atoms with E-state index in [9.17, 15) is 4.79 Å². The molecule has 0 bridgehead atoms. The van der Waals surface area contributed by atoms with Crippen molar-refractivity contribution in [3.63, 3.8) is 0 Å². The lowest BCUT2D eigenvalue weighted by Crippen LogP contribution is -1.96. The fourth-order valence-corrected chi connectivity index (χ4v) is 3.21. The second-order valence-corrected chi connectivity index (χ2v) is 5.15. The summed E-state index contributed by atoms with van der Waals surface area (Å²) < 4.78 is 2.56. The van der Waals surface area contributed by atoms with Gasteiger partial charge >= 0.3 is 0 Å². The summed E-state index contributed by atoms with van der Waals surface area (Å²) in [6.45, 7) is 5.34. The van der Waals surface area contributed by atoms with Gasteiger partial charge in [0.15, 0.2) is 0 Å². The third-order valence-electron chi connectivity index (χ3n) is 1.54. The van der Waals surface area contributed by atoms with E-state index in [2.05, 4.69) is 49.6 Å². The number of halogens is 2. The first-order chi connectivity index (χ1) is 6.11. The summed E-state index contributed by atoms with van der Waals surface area (Å²) in [5, 5.41) is 4.15. The van der Waals surface area contributed by atoms with Crippen LogP contribution in [0.5, 0.6) is 0 Å². The van der Waals surface area contributed by atoms with Gasteiger partial charge in [-0.05, 0) is 51.0 Å². The van der Waals surface area contributed by atoms with Crippen LogP contribution in [0.2, 0.25) is 0 Å². The van der Waals surface area contributed by atoms with Crippen molar-refractivity contribution in [2.24, 2.45) is 0 Å². The predicted molar refractivity (Wildman–Crippen MR) is 66.9 cm³/mol. The quantitative estimate of drug-likeness (QED) is 0.353. The van der Waals surface area contributed by atoms with Crippen LogP contribution in [0.3, 0.4) is 0 Å². The maximum atomic E-state index is 11.3. The number of nitrogens with zero attached hydrogens (tertiary/aromatic N) is 2. The van der Waals surface area contributed by atoms with Gasteiger partial charge in [-0.1, -0.05) is 6.58 Å².